The molecule has 133 valence electrons. The van der Waals surface area contributed by atoms with Gasteiger partial charge in [-0.25, -0.2) is 0 Å². The van der Waals surface area contributed by atoms with Gasteiger partial charge in [-0.2, -0.15) is 0 Å². The zero-order chi connectivity index (χ0) is 15.8. The lowest BCUT2D eigenvalue weighted by Crippen LogP contribution is -2.46. The SMILES string of the molecule is [CH](CCC12CC3CC(CC(C3)C1)C2)CC12CC3CC(CC(C3)C1)C2. The first-order valence-electron chi connectivity index (χ1n) is 11.5. The molecular formula is C24H37. The lowest BCUT2D eigenvalue weighted by Gasteiger charge is -2.58. The van der Waals surface area contributed by atoms with Crippen LogP contribution in [0.3, 0.4) is 0 Å². The second-order valence-corrected chi connectivity index (χ2v) is 11.9. The van der Waals surface area contributed by atoms with Crippen molar-refractivity contribution in [2.24, 2.45) is 46.3 Å². The molecule has 8 saturated carbocycles. The van der Waals surface area contributed by atoms with Gasteiger partial charge in [-0.1, -0.05) is 0 Å². The summed E-state index contributed by atoms with van der Waals surface area (Å²) in [7, 11) is 0. The van der Waals surface area contributed by atoms with E-state index in [1.165, 1.54) is 12.8 Å². The van der Waals surface area contributed by atoms with Crippen LogP contribution in [0.5, 0.6) is 0 Å². The third kappa shape index (κ3) is 2.44. The Bertz CT molecular complexity index is 384. The smallest absolute Gasteiger partial charge is 0.0287 e. The molecule has 0 amide bonds. The molecule has 0 N–H and O–H groups in total. The van der Waals surface area contributed by atoms with Crippen LogP contribution in [0.4, 0.5) is 0 Å². The number of unbranched alkanes of at least 4 members (excludes halogenated alkanes) is 1. The van der Waals surface area contributed by atoms with Crippen molar-refractivity contribution >= 4 is 0 Å². The van der Waals surface area contributed by atoms with Crippen molar-refractivity contribution in [2.45, 2.75) is 96.3 Å². The predicted octanol–water partition coefficient (Wildman–Crippen LogP) is 6.79. The van der Waals surface area contributed by atoms with Gasteiger partial charge < -0.3 is 0 Å². The second kappa shape index (κ2) is 5.26. The van der Waals surface area contributed by atoms with Crippen molar-refractivity contribution in [1.82, 2.24) is 0 Å². The van der Waals surface area contributed by atoms with Crippen LogP contribution in [0.1, 0.15) is 96.3 Å². The Hall–Kier alpha value is 0. The molecule has 0 unspecified atom stereocenters. The van der Waals surface area contributed by atoms with Crippen molar-refractivity contribution < 1.29 is 0 Å². The van der Waals surface area contributed by atoms with Crippen LogP contribution in [0, 0.1) is 52.8 Å². The molecule has 0 nitrogen and oxygen atoms in total. The van der Waals surface area contributed by atoms with Crippen LogP contribution in [0.15, 0.2) is 0 Å². The summed E-state index contributed by atoms with van der Waals surface area (Å²) in [5.41, 5.74) is 1.60. The van der Waals surface area contributed by atoms with Crippen molar-refractivity contribution in [3.63, 3.8) is 0 Å². The van der Waals surface area contributed by atoms with E-state index in [4.69, 9.17) is 0 Å². The molecule has 0 heterocycles. The summed E-state index contributed by atoms with van der Waals surface area (Å²) in [5.74, 6) is 6.81. The lowest BCUT2D eigenvalue weighted by molar-refractivity contribution is -0.0610. The minimum absolute atomic E-state index is 0.788. The monoisotopic (exact) mass is 325 g/mol. The Morgan fingerprint density at radius 3 is 1.33 bits per heavy atom. The van der Waals surface area contributed by atoms with Crippen LogP contribution in [0.2, 0.25) is 0 Å². The molecular weight excluding hydrogens is 288 g/mol. The minimum Gasteiger partial charge on any atom is -0.0496 e. The standard InChI is InChI=1S/C24H37/c1(3-23-11-17-5-18(12-23)7-19(6-17)13-23)2-4-24-14-20-8-21(15-24)10-22(9-20)16-24/h1,17-22H,2-16H2. The molecule has 1 radical (unpaired) electrons. The van der Waals surface area contributed by atoms with Gasteiger partial charge in [-0.15, -0.1) is 0 Å². The van der Waals surface area contributed by atoms with Crippen molar-refractivity contribution in [2.75, 3.05) is 0 Å². The zero-order valence-electron chi connectivity index (χ0n) is 15.6. The van der Waals surface area contributed by atoms with Crippen molar-refractivity contribution in [1.29, 1.82) is 0 Å². The van der Waals surface area contributed by atoms with E-state index in [9.17, 15) is 0 Å². The fourth-order valence-corrected chi connectivity index (χ4v) is 9.95. The maximum atomic E-state index is 2.80. The van der Waals surface area contributed by atoms with Gasteiger partial charge >= 0.3 is 0 Å². The first kappa shape index (κ1) is 15.1. The summed E-state index contributed by atoms with van der Waals surface area (Å²) in [6, 6.07) is 0. The molecule has 0 heteroatoms. The molecule has 24 heavy (non-hydrogen) atoms. The van der Waals surface area contributed by atoms with E-state index in [0.717, 1.165) is 46.3 Å². The molecule has 8 aliphatic rings. The number of hydrogen-bond donors (Lipinski definition) is 0. The zero-order valence-corrected chi connectivity index (χ0v) is 15.6. The molecule has 0 aromatic rings. The van der Waals surface area contributed by atoms with Gasteiger partial charge in [0.2, 0.25) is 0 Å². The van der Waals surface area contributed by atoms with Crippen LogP contribution < -0.4 is 0 Å². The average Bonchev–Trinajstić information content (AvgIpc) is 2.49. The Morgan fingerprint density at radius 1 is 0.542 bits per heavy atom. The largest absolute Gasteiger partial charge is 0.0496 e. The minimum atomic E-state index is 0.788. The maximum absolute atomic E-state index is 2.80. The summed E-state index contributed by atoms with van der Waals surface area (Å²) in [6.45, 7) is 0. The molecule has 0 atom stereocenters. The molecule has 0 aliphatic heterocycles. The predicted molar refractivity (Wildman–Crippen MR) is 99.4 cm³/mol. The van der Waals surface area contributed by atoms with Gasteiger partial charge in [-0.3, -0.25) is 0 Å². The summed E-state index contributed by atoms with van der Waals surface area (Å²) in [4.78, 5) is 0. The number of rotatable bonds is 5. The Labute approximate surface area is 149 Å². The molecule has 0 saturated heterocycles. The van der Waals surface area contributed by atoms with Gasteiger partial charge in [0.1, 0.15) is 0 Å². The van der Waals surface area contributed by atoms with E-state index >= 15 is 0 Å². The molecule has 8 bridgehead atoms. The van der Waals surface area contributed by atoms with Gasteiger partial charge in [0.25, 0.3) is 0 Å². The van der Waals surface area contributed by atoms with Gasteiger partial charge in [0.15, 0.2) is 0 Å². The molecule has 0 spiro atoms. The normalized spacial score (nSPS) is 57.0. The number of hydrogen-bond acceptors (Lipinski definition) is 0. The Kier molecular flexibility index (Phi) is 3.31. The highest BCUT2D eigenvalue weighted by molar-refractivity contribution is 5.04. The van der Waals surface area contributed by atoms with Gasteiger partial charge in [0.05, 0.1) is 0 Å². The van der Waals surface area contributed by atoms with Crippen molar-refractivity contribution in [3.05, 3.63) is 6.42 Å². The fourth-order valence-electron chi connectivity index (χ4n) is 9.95. The average molecular weight is 326 g/mol. The topological polar surface area (TPSA) is 0 Å². The summed E-state index contributed by atoms with van der Waals surface area (Å²) < 4.78 is 0. The third-order valence-corrected chi connectivity index (χ3v) is 9.79. The van der Waals surface area contributed by atoms with Crippen molar-refractivity contribution in [3.8, 4) is 0 Å². The summed E-state index contributed by atoms with van der Waals surface area (Å²) >= 11 is 0. The van der Waals surface area contributed by atoms with E-state index in [2.05, 4.69) is 6.42 Å². The lowest BCUT2D eigenvalue weighted by atomic mass is 9.48. The second-order valence-electron chi connectivity index (χ2n) is 11.9. The first-order chi connectivity index (χ1) is 11.7. The van der Waals surface area contributed by atoms with Crippen LogP contribution in [-0.2, 0) is 0 Å². The Balaban J connectivity index is 1.05. The van der Waals surface area contributed by atoms with Crippen LogP contribution >= 0.6 is 0 Å². The molecule has 8 rings (SSSR count). The van der Waals surface area contributed by atoms with E-state index in [1.54, 1.807) is 83.5 Å². The highest BCUT2D eigenvalue weighted by Crippen LogP contribution is 2.63. The van der Waals surface area contributed by atoms with Gasteiger partial charge in [0, 0.05) is 0 Å². The highest BCUT2D eigenvalue weighted by atomic mass is 14.6. The van der Waals surface area contributed by atoms with Gasteiger partial charge in [-0.05, 0) is 149 Å². The Morgan fingerprint density at radius 2 is 0.917 bits per heavy atom. The summed E-state index contributed by atoms with van der Waals surface area (Å²) in [6.07, 6.45) is 26.6. The highest BCUT2D eigenvalue weighted by Gasteiger charge is 2.52. The fraction of sp³-hybridized carbons (Fsp3) is 0.958. The quantitative estimate of drug-likeness (QED) is 0.488. The first-order valence-corrected chi connectivity index (χ1v) is 11.5. The van der Waals surface area contributed by atoms with Crippen LogP contribution in [-0.4, -0.2) is 0 Å². The molecule has 8 aliphatic carbocycles. The maximum Gasteiger partial charge on any atom is -0.0287 e. The van der Waals surface area contributed by atoms with E-state index in [0.29, 0.717) is 0 Å². The molecule has 8 fully saturated rings. The molecule has 0 aromatic heterocycles. The van der Waals surface area contributed by atoms with E-state index < -0.39 is 0 Å². The summed E-state index contributed by atoms with van der Waals surface area (Å²) in [5, 5.41) is 0. The third-order valence-electron chi connectivity index (χ3n) is 9.79. The van der Waals surface area contributed by atoms with Crippen LogP contribution in [0.25, 0.3) is 0 Å². The van der Waals surface area contributed by atoms with E-state index in [-0.39, 0.29) is 0 Å². The molecule has 0 aromatic carbocycles. The van der Waals surface area contributed by atoms with E-state index in [1.807, 2.05) is 0 Å².